The van der Waals surface area contributed by atoms with E-state index >= 15 is 0 Å². The molecule has 0 unspecified atom stereocenters. The highest BCUT2D eigenvalue weighted by molar-refractivity contribution is 9.10. The normalized spacial score (nSPS) is 10.2. The molecule has 0 aliphatic carbocycles. The lowest BCUT2D eigenvalue weighted by Crippen LogP contribution is -2.15. The van der Waals surface area contributed by atoms with Gasteiger partial charge in [0.1, 0.15) is 11.5 Å². The Morgan fingerprint density at radius 2 is 2.00 bits per heavy atom. The van der Waals surface area contributed by atoms with Gasteiger partial charge in [-0.15, -0.1) is 0 Å². The SMILES string of the molecule is CCCNc1cccc(C(=O)Nc2cccc(Br)c2C)n1. The van der Waals surface area contributed by atoms with Crippen molar-refractivity contribution in [3.05, 3.63) is 52.1 Å². The number of hydrogen-bond acceptors (Lipinski definition) is 3. The second-order valence-electron chi connectivity index (χ2n) is 4.70. The summed E-state index contributed by atoms with van der Waals surface area (Å²) in [6.45, 7) is 4.87. The van der Waals surface area contributed by atoms with Crippen molar-refractivity contribution in [2.45, 2.75) is 20.3 Å². The van der Waals surface area contributed by atoms with Gasteiger partial charge in [-0.3, -0.25) is 4.79 Å². The molecule has 21 heavy (non-hydrogen) atoms. The summed E-state index contributed by atoms with van der Waals surface area (Å²) in [5.74, 6) is 0.506. The Morgan fingerprint density at radius 1 is 1.24 bits per heavy atom. The van der Waals surface area contributed by atoms with Crippen LogP contribution >= 0.6 is 15.9 Å². The molecule has 2 aromatic rings. The van der Waals surface area contributed by atoms with Crippen molar-refractivity contribution in [3.8, 4) is 0 Å². The van der Waals surface area contributed by atoms with Crippen LogP contribution in [0.5, 0.6) is 0 Å². The van der Waals surface area contributed by atoms with Crippen LogP contribution in [0.1, 0.15) is 29.4 Å². The van der Waals surface area contributed by atoms with Crippen molar-refractivity contribution >= 4 is 33.3 Å². The fourth-order valence-corrected chi connectivity index (χ4v) is 2.21. The molecule has 5 heteroatoms. The molecule has 0 fully saturated rings. The standard InChI is InChI=1S/C16H18BrN3O/c1-3-10-18-15-9-5-8-14(19-15)16(21)20-13-7-4-6-12(17)11(13)2/h4-9H,3,10H2,1-2H3,(H,18,19)(H,20,21). The molecular formula is C16H18BrN3O. The Hall–Kier alpha value is -1.88. The maximum Gasteiger partial charge on any atom is 0.274 e. The smallest absolute Gasteiger partial charge is 0.274 e. The average Bonchev–Trinajstić information content (AvgIpc) is 2.50. The van der Waals surface area contributed by atoms with E-state index in [0.717, 1.165) is 34.5 Å². The van der Waals surface area contributed by atoms with E-state index in [1.165, 1.54) is 0 Å². The summed E-state index contributed by atoms with van der Waals surface area (Å²) in [6, 6.07) is 11.1. The van der Waals surface area contributed by atoms with Gasteiger partial charge in [0.25, 0.3) is 5.91 Å². The summed E-state index contributed by atoms with van der Waals surface area (Å²) in [5, 5.41) is 6.07. The van der Waals surface area contributed by atoms with E-state index < -0.39 is 0 Å². The lowest BCUT2D eigenvalue weighted by Gasteiger charge is -2.10. The van der Waals surface area contributed by atoms with Crippen molar-refractivity contribution in [3.63, 3.8) is 0 Å². The highest BCUT2D eigenvalue weighted by Gasteiger charge is 2.10. The number of amides is 1. The van der Waals surface area contributed by atoms with Crippen LogP contribution in [0, 0.1) is 6.92 Å². The van der Waals surface area contributed by atoms with Crippen molar-refractivity contribution in [2.75, 3.05) is 17.2 Å². The number of pyridine rings is 1. The van der Waals surface area contributed by atoms with Crippen LogP contribution in [0.4, 0.5) is 11.5 Å². The van der Waals surface area contributed by atoms with Gasteiger partial charge in [-0.05, 0) is 43.2 Å². The number of carbonyl (C=O) groups excluding carboxylic acids is 1. The van der Waals surface area contributed by atoms with E-state index in [2.05, 4.69) is 38.5 Å². The van der Waals surface area contributed by atoms with Crippen LogP contribution in [-0.4, -0.2) is 17.4 Å². The minimum atomic E-state index is -0.212. The number of carbonyl (C=O) groups is 1. The van der Waals surface area contributed by atoms with E-state index in [1.54, 1.807) is 6.07 Å². The minimum absolute atomic E-state index is 0.212. The molecule has 1 aromatic carbocycles. The van der Waals surface area contributed by atoms with Gasteiger partial charge in [0.05, 0.1) is 0 Å². The Bertz CT molecular complexity index is 643. The van der Waals surface area contributed by atoms with Crippen LogP contribution in [0.25, 0.3) is 0 Å². The first-order valence-corrected chi connectivity index (χ1v) is 7.68. The zero-order valence-corrected chi connectivity index (χ0v) is 13.7. The molecule has 110 valence electrons. The molecule has 0 atom stereocenters. The minimum Gasteiger partial charge on any atom is -0.370 e. The molecule has 0 aliphatic rings. The molecular weight excluding hydrogens is 330 g/mol. The van der Waals surface area contributed by atoms with E-state index in [0.29, 0.717) is 5.69 Å². The summed E-state index contributed by atoms with van der Waals surface area (Å²) in [4.78, 5) is 16.6. The van der Waals surface area contributed by atoms with E-state index in [4.69, 9.17) is 0 Å². The Morgan fingerprint density at radius 3 is 2.76 bits per heavy atom. The monoisotopic (exact) mass is 347 g/mol. The third-order valence-electron chi connectivity index (χ3n) is 3.05. The molecule has 4 nitrogen and oxygen atoms in total. The van der Waals surface area contributed by atoms with Gasteiger partial charge in [-0.2, -0.15) is 0 Å². The van der Waals surface area contributed by atoms with Crippen molar-refractivity contribution < 1.29 is 4.79 Å². The van der Waals surface area contributed by atoms with Gasteiger partial charge in [0.15, 0.2) is 0 Å². The largest absolute Gasteiger partial charge is 0.370 e. The second-order valence-corrected chi connectivity index (χ2v) is 5.56. The molecule has 0 aliphatic heterocycles. The average molecular weight is 348 g/mol. The van der Waals surface area contributed by atoms with Gasteiger partial charge in [0, 0.05) is 16.7 Å². The number of aromatic nitrogens is 1. The van der Waals surface area contributed by atoms with Gasteiger partial charge >= 0.3 is 0 Å². The molecule has 2 N–H and O–H groups in total. The topological polar surface area (TPSA) is 54.0 Å². The number of benzene rings is 1. The highest BCUT2D eigenvalue weighted by Crippen LogP contribution is 2.23. The first-order valence-electron chi connectivity index (χ1n) is 6.89. The fourth-order valence-electron chi connectivity index (χ4n) is 1.84. The zero-order valence-electron chi connectivity index (χ0n) is 12.1. The molecule has 0 spiro atoms. The number of hydrogen-bond donors (Lipinski definition) is 2. The summed E-state index contributed by atoms with van der Waals surface area (Å²) in [6.07, 6.45) is 1.01. The van der Waals surface area contributed by atoms with Crippen LogP contribution < -0.4 is 10.6 Å². The molecule has 0 bridgehead atoms. The van der Waals surface area contributed by atoms with Crippen molar-refractivity contribution in [1.82, 2.24) is 4.98 Å². The predicted octanol–water partition coefficient (Wildman–Crippen LogP) is 4.23. The van der Waals surface area contributed by atoms with E-state index in [9.17, 15) is 4.79 Å². The van der Waals surface area contributed by atoms with E-state index in [-0.39, 0.29) is 5.91 Å². The van der Waals surface area contributed by atoms with Crippen LogP contribution in [-0.2, 0) is 0 Å². The first-order chi connectivity index (χ1) is 10.1. The van der Waals surface area contributed by atoms with E-state index in [1.807, 2.05) is 37.3 Å². The van der Waals surface area contributed by atoms with Gasteiger partial charge < -0.3 is 10.6 Å². The molecule has 1 heterocycles. The number of anilines is 2. The summed E-state index contributed by atoms with van der Waals surface area (Å²) in [5.41, 5.74) is 2.17. The maximum absolute atomic E-state index is 12.3. The fraction of sp³-hybridized carbons (Fsp3) is 0.250. The summed E-state index contributed by atoms with van der Waals surface area (Å²) < 4.78 is 0.964. The lowest BCUT2D eigenvalue weighted by molar-refractivity contribution is 0.102. The van der Waals surface area contributed by atoms with Crippen molar-refractivity contribution in [2.24, 2.45) is 0 Å². The zero-order chi connectivity index (χ0) is 15.2. The summed E-state index contributed by atoms with van der Waals surface area (Å²) in [7, 11) is 0. The third-order valence-corrected chi connectivity index (χ3v) is 3.91. The highest BCUT2D eigenvalue weighted by atomic mass is 79.9. The molecule has 0 saturated carbocycles. The summed E-state index contributed by atoms with van der Waals surface area (Å²) >= 11 is 3.46. The number of halogens is 1. The van der Waals surface area contributed by atoms with Crippen LogP contribution in [0.15, 0.2) is 40.9 Å². The Balaban J connectivity index is 2.15. The quantitative estimate of drug-likeness (QED) is 0.850. The Labute approximate surface area is 133 Å². The number of nitrogens with one attached hydrogen (secondary N) is 2. The van der Waals surface area contributed by atoms with Gasteiger partial charge in [-0.25, -0.2) is 4.98 Å². The van der Waals surface area contributed by atoms with Crippen LogP contribution in [0.3, 0.4) is 0 Å². The molecule has 1 amide bonds. The van der Waals surface area contributed by atoms with Gasteiger partial charge in [-0.1, -0.05) is 35.0 Å². The second kappa shape index (κ2) is 7.22. The number of nitrogens with zero attached hydrogens (tertiary/aromatic N) is 1. The maximum atomic E-state index is 12.3. The first kappa shape index (κ1) is 15.5. The molecule has 0 radical (unpaired) electrons. The molecule has 1 aromatic heterocycles. The molecule has 2 rings (SSSR count). The predicted molar refractivity (Wildman–Crippen MR) is 89.8 cm³/mol. The third kappa shape index (κ3) is 4.04. The Kier molecular flexibility index (Phi) is 5.33. The van der Waals surface area contributed by atoms with Crippen molar-refractivity contribution in [1.29, 1.82) is 0 Å². The lowest BCUT2D eigenvalue weighted by atomic mass is 10.2. The van der Waals surface area contributed by atoms with Gasteiger partial charge in [0.2, 0.25) is 0 Å². The van der Waals surface area contributed by atoms with Crippen LogP contribution in [0.2, 0.25) is 0 Å². The molecule has 0 saturated heterocycles. The number of rotatable bonds is 5.